The molecule has 0 aromatic heterocycles. The molecule has 29 heavy (non-hydrogen) atoms. The fourth-order valence-electron chi connectivity index (χ4n) is 4.18. The summed E-state index contributed by atoms with van der Waals surface area (Å²) in [6.45, 7) is 4.38. The third-order valence-corrected chi connectivity index (χ3v) is 7.54. The molecular weight excluding hydrogens is 385 g/mol. The van der Waals surface area contributed by atoms with E-state index in [4.69, 9.17) is 0 Å². The number of hydrogen-bond donors (Lipinski definition) is 0. The highest BCUT2D eigenvalue weighted by Gasteiger charge is 2.57. The van der Waals surface area contributed by atoms with Crippen LogP contribution in [0.3, 0.4) is 0 Å². The van der Waals surface area contributed by atoms with Crippen LogP contribution in [0.1, 0.15) is 22.7 Å². The Bertz CT molecular complexity index is 1110. The van der Waals surface area contributed by atoms with Crippen LogP contribution in [0.25, 0.3) is 0 Å². The molecule has 148 valence electrons. The average Bonchev–Trinajstić information content (AvgIpc) is 2.70. The van der Waals surface area contributed by atoms with Gasteiger partial charge < -0.3 is 4.90 Å². The third kappa shape index (κ3) is 3.15. The molecule has 1 atom stereocenters. The van der Waals surface area contributed by atoms with Crippen molar-refractivity contribution in [3.05, 3.63) is 120 Å². The molecule has 0 bridgehead atoms. The molecule has 3 aromatic rings. The van der Waals surface area contributed by atoms with E-state index in [1.807, 2.05) is 65.6 Å². The van der Waals surface area contributed by atoms with E-state index < -0.39 is 20.4 Å². The van der Waals surface area contributed by atoms with E-state index in [0.717, 1.165) is 11.1 Å². The Morgan fingerprint density at radius 3 is 1.93 bits per heavy atom. The molecule has 3 aromatic carbocycles. The van der Waals surface area contributed by atoms with E-state index >= 15 is 0 Å². The topological polar surface area (TPSA) is 37.4 Å². The maximum atomic E-state index is 13.9. The van der Waals surface area contributed by atoms with Crippen molar-refractivity contribution in [3.8, 4) is 0 Å². The number of sulfone groups is 1. The minimum atomic E-state index is -3.59. The first kappa shape index (κ1) is 19.4. The number of benzene rings is 3. The second kappa shape index (κ2) is 7.16. The molecule has 4 rings (SSSR count). The highest BCUT2D eigenvalue weighted by molar-refractivity contribution is 7.92. The lowest BCUT2D eigenvalue weighted by Crippen LogP contribution is -2.61. The lowest BCUT2D eigenvalue weighted by molar-refractivity contribution is 0.158. The van der Waals surface area contributed by atoms with Gasteiger partial charge >= 0.3 is 0 Å². The molecule has 0 N–H and O–H groups in total. The van der Waals surface area contributed by atoms with Gasteiger partial charge in [-0.1, -0.05) is 79.4 Å². The summed E-state index contributed by atoms with van der Waals surface area (Å²) in [5.74, 6) is -0.459. The quantitative estimate of drug-likeness (QED) is 0.616. The van der Waals surface area contributed by atoms with Crippen LogP contribution in [0.5, 0.6) is 0 Å². The average molecular weight is 408 g/mol. The van der Waals surface area contributed by atoms with Gasteiger partial charge in [0, 0.05) is 18.5 Å². The van der Waals surface area contributed by atoms with Crippen LogP contribution in [0.15, 0.2) is 97.2 Å². The predicted octanol–water partition coefficient (Wildman–Crippen LogP) is 4.68. The van der Waals surface area contributed by atoms with Crippen molar-refractivity contribution in [2.75, 3.05) is 12.8 Å². The van der Waals surface area contributed by atoms with Crippen LogP contribution in [-0.4, -0.2) is 26.1 Å². The summed E-state index contributed by atoms with van der Waals surface area (Å²) in [5.41, 5.74) is 2.96. The summed E-state index contributed by atoms with van der Waals surface area (Å²) in [6, 6.07) is 25.5. The highest BCUT2D eigenvalue weighted by Crippen LogP contribution is 2.52. The van der Waals surface area contributed by atoms with Gasteiger partial charge in [-0.05, 0) is 28.8 Å². The second-order valence-corrected chi connectivity index (χ2v) is 9.65. The van der Waals surface area contributed by atoms with Gasteiger partial charge in [-0.2, -0.15) is 0 Å². The number of likely N-dealkylation sites (tertiary alicyclic amines) is 1. The van der Waals surface area contributed by atoms with E-state index in [1.54, 1.807) is 12.1 Å². The van der Waals surface area contributed by atoms with Gasteiger partial charge in [0.05, 0.1) is 6.04 Å². The molecule has 0 spiro atoms. The molecule has 1 aliphatic rings. The fourth-order valence-corrected chi connectivity index (χ4v) is 5.65. The van der Waals surface area contributed by atoms with Crippen molar-refractivity contribution in [1.82, 2.24) is 4.90 Å². The van der Waals surface area contributed by atoms with Crippen LogP contribution in [0, 0.1) is 5.82 Å². The normalized spacial score (nSPS) is 19.3. The maximum Gasteiger partial charge on any atom is 0.164 e. The molecule has 0 saturated carbocycles. The molecular formula is C24H22FNO2S. The molecule has 1 unspecified atom stereocenters. The van der Waals surface area contributed by atoms with Crippen molar-refractivity contribution in [1.29, 1.82) is 0 Å². The van der Waals surface area contributed by atoms with Crippen LogP contribution < -0.4 is 0 Å². The summed E-state index contributed by atoms with van der Waals surface area (Å²) in [6.07, 6.45) is 1.19. The number of nitrogens with zero attached hydrogens (tertiary/aromatic N) is 1. The Hall–Kier alpha value is -2.92. The summed E-state index contributed by atoms with van der Waals surface area (Å²) in [5, 5.41) is 0. The number of hydrogen-bond acceptors (Lipinski definition) is 3. The summed E-state index contributed by atoms with van der Waals surface area (Å²) in [4.78, 5) is 2.00. The maximum absolute atomic E-state index is 13.9. The van der Waals surface area contributed by atoms with E-state index in [9.17, 15) is 12.8 Å². The lowest BCUT2D eigenvalue weighted by atomic mass is 9.82. The molecule has 0 radical (unpaired) electrons. The van der Waals surface area contributed by atoms with E-state index in [0.29, 0.717) is 11.3 Å². The first-order valence-electron chi connectivity index (χ1n) is 9.36. The van der Waals surface area contributed by atoms with Gasteiger partial charge in [0.1, 0.15) is 5.82 Å². The van der Waals surface area contributed by atoms with Crippen molar-refractivity contribution in [2.24, 2.45) is 0 Å². The zero-order chi connectivity index (χ0) is 20.6. The number of rotatable bonds is 5. The largest absolute Gasteiger partial charge is 0.360 e. The Morgan fingerprint density at radius 2 is 1.48 bits per heavy atom. The minimum absolute atomic E-state index is 0.173. The Balaban J connectivity index is 1.81. The molecule has 1 fully saturated rings. The second-order valence-electron chi connectivity index (χ2n) is 7.41. The van der Waals surface area contributed by atoms with Gasteiger partial charge in [-0.3, -0.25) is 0 Å². The third-order valence-electron chi connectivity index (χ3n) is 5.67. The summed E-state index contributed by atoms with van der Waals surface area (Å²) in [7, 11) is -3.59. The lowest BCUT2D eigenvalue weighted by Gasteiger charge is -2.55. The molecule has 0 amide bonds. The van der Waals surface area contributed by atoms with Gasteiger partial charge in [0.2, 0.25) is 0 Å². The van der Waals surface area contributed by atoms with Gasteiger partial charge in [0.25, 0.3) is 0 Å². The summed E-state index contributed by atoms with van der Waals surface area (Å²) >= 11 is 0. The highest BCUT2D eigenvalue weighted by atomic mass is 32.2. The molecule has 1 aliphatic heterocycles. The minimum Gasteiger partial charge on any atom is -0.360 e. The van der Waals surface area contributed by atoms with Gasteiger partial charge in [0.15, 0.2) is 14.6 Å². The van der Waals surface area contributed by atoms with E-state index in [-0.39, 0.29) is 12.6 Å². The molecule has 3 nitrogen and oxygen atoms in total. The Morgan fingerprint density at radius 1 is 0.931 bits per heavy atom. The zero-order valence-corrected chi connectivity index (χ0v) is 16.9. The van der Waals surface area contributed by atoms with Crippen LogP contribution >= 0.6 is 0 Å². The SMILES string of the molecule is C=C1N(C(c2ccccc2)c2ccccc2)CC1(c1cccc(F)c1)S(C)(=O)=O. The van der Waals surface area contributed by atoms with Crippen molar-refractivity contribution in [3.63, 3.8) is 0 Å². The zero-order valence-electron chi connectivity index (χ0n) is 16.1. The van der Waals surface area contributed by atoms with Crippen molar-refractivity contribution >= 4 is 9.84 Å². The monoisotopic (exact) mass is 407 g/mol. The molecule has 0 aliphatic carbocycles. The van der Waals surface area contributed by atoms with Gasteiger partial charge in [-0.25, -0.2) is 12.8 Å². The Labute approximate surface area is 171 Å². The smallest absolute Gasteiger partial charge is 0.164 e. The fraction of sp³-hybridized carbons (Fsp3) is 0.167. The van der Waals surface area contributed by atoms with E-state index in [2.05, 4.69) is 6.58 Å². The predicted molar refractivity (Wildman–Crippen MR) is 113 cm³/mol. The Kier molecular flexibility index (Phi) is 4.79. The van der Waals surface area contributed by atoms with E-state index in [1.165, 1.54) is 18.4 Å². The van der Waals surface area contributed by atoms with Crippen molar-refractivity contribution in [2.45, 2.75) is 10.8 Å². The van der Waals surface area contributed by atoms with Gasteiger partial charge in [-0.15, -0.1) is 0 Å². The van der Waals surface area contributed by atoms with Crippen LogP contribution in [0.2, 0.25) is 0 Å². The number of halogens is 1. The van der Waals surface area contributed by atoms with Crippen molar-refractivity contribution < 1.29 is 12.8 Å². The summed E-state index contributed by atoms with van der Waals surface area (Å²) < 4.78 is 38.4. The standard InChI is InChI=1S/C24H22FNO2S/c1-18-24(29(2,27)28,21-14-9-15-22(25)16-21)17-26(18)23(19-10-5-3-6-11-19)20-12-7-4-8-13-20/h3-16,23H,1,17H2,2H3. The molecule has 1 saturated heterocycles. The first-order chi connectivity index (χ1) is 13.8. The molecule has 5 heteroatoms. The van der Waals surface area contributed by atoms with Crippen LogP contribution in [0.4, 0.5) is 4.39 Å². The first-order valence-corrected chi connectivity index (χ1v) is 11.3. The van der Waals surface area contributed by atoms with Crippen LogP contribution in [-0.2, 0) is 14.6 Å². The molecule has 1 heterocycles.